The molecule has 10 nitrogen and oxygen atoms in total. The molecule has 0 heterocycles. The normalized spacial score (nSPS) is 11.8. The number of esters is 4. The van der Waals surface area contributed by atoms with Crippen LogP contribution in [-0.4, -0.2) is 62.5 Å². The molecule has 0 unspecified atom stereocenters. The second-order valence-corrected chi connectivity index (χ2v) is 11.0. The highest BCUT2D eigenvalue weighted by Gasteiger charge is 2.36. The summed E-state index contributed by atoms with van der Waals surface area (Å²) in [6.45, 7) is 15.0. The minimum atomic E-state index is -1.07. The van der Waals surface area contributed by atoms with E-state index in [0.29, 0.717) is 29.7 Å². The van der Waals surface area contributed by atoms with Crippen molar-refractivity contribution in [1.82, 2.24) is 0 Å². The van der Waals surface area contributed by atoms with Crippen molar-refractivity contribution in [3.63, 3.8) is 0 Å². The monoisotopic (exact) mass is 580 g/mol. The predicted octanol–water partition coefficient (Wildman–Crippen LogP) is 5.00. The third-order valence-electron chi connectivity index (χ3n) is 7.18. The zero-order valence-corrected chi connectivity index (χ0v) is 26.1. The van der Waals surface area contributed by atoms with E-state index >= 15 is 0 Å². The Balaban J connectivity index is 3.28. The van der Waals surface area contributed by atoms with Crippen LogP contribution in [0.3, 0.4) is 0 Å². The summed E-state index contributed by atoms with van der Waals surface area (Å²) in [4.78, 5) is 49.8. The Morgan fingerprint density at radius 3 is 1.32 bits per heavy atom. The third-order valence-corrected chi connectivity index (χ3v) is 7.18. The molecule has 0 amide bonds. The topological polar surface area (TPSA) is 135 Å². The van der Waals surface area contributed by atoms with Gasteiger partial charge < -0.3 is 28.8 Å². The van der Waals surface area contributed by atoms with Crippen LogP contribution in [0.25, 0.3) is 0 Å². The Labute approximate surface area is 244 Å². The van der Waals surface area contributed by atoms with E-state index in [2.05, 4.69) is 0 Å². The third kappa shape index (κ3) is 9.93. The zero-order chi connectivity index (χ0) is 31.4. The van der Waals surface area contributed by atoms with Crippen LogP contribution in [0.1, 0.15) is 92.2 Å². The molecular weight excluding hydrogens is 532 g/mol. The van der Waals surface area contributed by atoms with Crippen LogP contribution in [0.4, 0.5) is 0 Å². The second kappa shape index (κ2) is 16.2. The van der Waals surface area contributed by atoms with E-state index in [1.54, 1.807) is 39.8 Å². The maximum absolute atomic E-state index is 12.5. The fraction of sp³-hybridized carbons (Fsp3) is 0.677. The van der Waals surface area contributed by atoms with Gasteiger partial charge in [0.1, 0.15) is 11.5 Å². The number of hydrogen-bond donors (Lipinski definition) is 1. The van der Waals surface area contributed by atoms with E-state index in [1.165, 1.54) is 7.11 Å². The number of phenolic OH excluding ortho intramolecular Hbond substituents is 1. The van der Waals surface area contributed by atoms with Gasteiger partial charge in [-0.3, -0.25) is 19.2 Å². The summed E-state index contributed by atoms with van der Waals surface area (Å²) in [5.41, 5.74) is 0.00780. The highest BCUT2D eigenvalue weighted by Crippen LogP contribution is 2.44. The molecule has 0 saturated heterocycles. The average molecular weight is 581 g/mol. The molecule has 0 saturated carbocycles. The standard InChI is InChI=1S/C31H48O10/c1-10-38-26(33)20(27(34)39-11-2)14-16-30(5,6)22-19-25(37-9)23(18-24(22)32)31(7,8)17-15-21(28(35)40-12-3)29(36)41-13-4/h18-21,32H,10-17H2,1-9H3. The lowest BCUT2D eigenvalue weighted by Gasteiger charge is -2.32. The molecule has 0 aliphatic carbocycles. The van der Waals surface area contributed by atoms with Crippen LogP contribution in [0.2, 0.25) is 0 Å². The molecule has 0 atom stereocenters. The number of methoxy groups -OCH3 is 1. The summed E-state index contributed by atoms with van der Waals surface area (Å²) in [6.07, 6.45) is 1.12. The minimum Gasteiger partial charge on any atom is -0.508 e. The molecule has 1 rings (SSSR count). The molecule has 0 radical (unpaired) electrons. The van der Waals surface area contributed by atoms with E-state index in [-0.39, 0.29) is 45.0 Å². The van der Waals surface area contributed by atoms with Crippen LogP contribution >= 0.6 is 0 Å². The van der Waals surface area contributed by atoms with Crippen molar-refractivity contribution in [2.75, 3.05) is 33.5 Å². The summed E-state index contributed by atoms with van der Waals surface area (Å²) in [5.74, 6) is -4.10. The highest BCUT2D eigenvalue weighted by atomic mass is 16.6. The number of carbonyl (C=O) groups excluding carboxylic acids is 4. The van der Waals surface area contributed by atoms with Gasteiger partial charge in [0.15, 0.2) is 11.8 Å². The largest absolute Gasteiger partial charge is 0.508 e. The zero-order valence-electron chi connectivity index (χ0n) is 26.1. The van der Waals surface area contributed by atoms with Gasteiger partial charge in [-0.25, -0.2) is 0 Å². The molecule has 41 heavy (non-hydrogen) atoms. The summed E-state index contributed by atoms with van der Waals surface area (Å²) in [6, 6.07) is 3.39. The first-order valence-corrected chi connectivity index (χ1v) is 14.3. The van der Waals surface area contributed by atoms with Crippen LogP contribution in [0.5, 0.6) is 11.5 Å². The molecule has 1 N–H and O–H groups in total. The van der Waals surface area contributed by atoms with Crippen molar-refractivity contribution in [3.8, 4) is 11.5 Å². The van der Waals surface area contributed by atoms with E-state index < -0.39 is 46.5 Å². The Hall–Kier alpha value is -3.30. The number of rotatable bonds is 17. The number of phenols is 1. The summed E-state index contributed by atoms with van der Waals surface area (Å²) in [7, 11) is 1.53. The fourth-order valence-corrected chi connectivity index (χ4v) is 4.72. The molecule has 232 valence electrons. The molecule has 0 bridgehead atoms. The van der Waals surface area contributed by atoms with Crippen LogP contribution in [0.15, 0.2) is 12.1 Å². The van der Waals surface area contributed by atoms with Crippen molar-refractivity contribution in [2.24, 2.45) is 11.8 Å². The van der Waals surface area contributed by atoms with Gasteiger partial charge in [-0.05, 0) is 76.3 Å². The van der Waals surface area contributed by atoms with E-state index in [4.69, 9.17) is 23.7 Å². The molecule has 0 spiro atoms. The minimum absolute atomic E-state index is 0.0232. The molecule has 10 heteroatoms. The Bertz CT molecular complexity index is 1010. The summed E-state index contributed by atoms with van der Waals surface area (Å²) < 4.78 is 26.1. The first-order chi connectivity index (χ1) is 19.2. The van der Waals surface area contributed by atoms with Crippen molar-refractivity contribution in [2.45, 2.75) is 91.9 Å². The molecule has 0 aliphatic heterocycles. The van der Waals surface area contributed by atoms with Gasteiger partial charge in [0.2, 0.25) is 0 Å². The fourth-order valence-electron chi connectivity index (χ4n) is 4.72. The van der Waals surface area contributed by atoms with Gasteiger partial charge >= 0.3 is 23.9 Å². The van der Waals surface area contributed by atoms with E-state index in [1.807, 2.05) is 27.7 Å². The quantitative estimate of drug-likeness (QED) is 0.152. The van der Waals surface area contributed by atoms with Crippen molar-refractivity contribution < 1.29 is 48.0 Å². The summed E-state index contributed by atoms with van der Waals surface area (Å²) in [5, 5.41) is 11.2. The van der Waals surface area contributed by atoms with Crippen molar-refractivity contribution >= 4 is 23.9 Å². The number of aromatic hydroxyl groups is 1. The molecule has 0 fully saturated rings. The molecule has 1 aromatic rings. The number of benzene rings is 1. The van der Waals surface area contributed by atoms with Gasteiger partial charge in [0.05, 0.1) is 33.5 Å². The smallest absolute Gasteiger partial charge is 0.320 e. The van der Waals surface area contributed by atoms with Gasteiger partial charge in [-0.2, -0.15) is 0 Å². The van der Waals surface area contributed by atoms with Crippen molar-refractivity contribution in [1.29, 1.82) is 0 Å². The number of carbonyl (C=O) groups is 4. The first kappa shape index (κ1) is 35.7. The van der Waals surface area contributed by atoms with Gasteiger partial charge in [-0.1, -0.05) is 27.7 Å². The average Bonchev–Trinajstić information content (AvgIpc) is 2.89. The lowest BCUT2D eigenvalue weighted by Crippen LogP contribution is -2.31. The molecule has 0 aromatic heterocycles. The lowest BCUT2D eigenvalue weighted by atomic mass is 9.74. The molecule has 1 aromatic carbocycles. The van der Waals surface area contributed by atoms with Gasteiger partial charge in [0, 0.05) is 11.1 Å². The van der Waals surface area contributed by atoms with Crippen LogP contribution < -0.4 is 4.74 Å². The molecular formula is C31H48O10. The Morgan fingerprint density at radius 2 is 1.00 bits per heavy atom. The SMILES string of the molecule is CCOC(=O)C(CCC(C)(C)c1cc(OC)c(C(C)(C)CCC(C(=O)OCC)C(=O)OCC)cc1O)C(=O)OCC. The maximum Gasteiger partial charge on any atom is 0.320 e. The number of hydrogen-bond acceptors (Lipinski definition) is 10. The lowest BCUT2D eigenvalue weighted by molar-refractivity contribution is -0.163. The Kier molecular flexibility index (Phi) is 14.1. The van der Waals surface area contributed by atoms with Crippen LogP contribution in [0, 0.1) is 11.8 Å². The number of ether oxygens (including phenoxy) is 5. The second-order valence-electron chi connectivity index (χ2n) is 11.0. The van der Waals surface area contributed by atoms with Crippen LogP contribution in [-0.2, 0) is 49.0 Å². The Morgan fingerprint density at radius 1 is 0.659 bits per heavy atom. The predicted molar refractivity (Wildman–Crippen MR) is 153 cm³/mol. The highest BCUT2D eigenvalue weighted by molar-refractivity contribution is 5.95. The first-order valence-electron chi connectivity index (χ1n) is 14.3. The van der Waals surface area contributed by atoms with Crippen molar-refractivity contribution in [3.05, 3.63) is 23.3 Å². The molecule has 0 aliphatic rings. The summed E-state index contributed by atoms with van der Waals surface area (Å²) >= 11 is 0. The van der Waals surface area contributed by atoms with E-state index in [0.717, 1.165) is 0 Å². The van der Waals surface area contributed by atoms with E-state index in [9.17, 15) is 24.3 Å². The maximum atomic E-state index is 12.5. The van der Waals surface area contributed by atoms with Gasteiger partial charge in [0.25, 0.3) is 0 Å². The van der Waals surface area contributed by atoms with Gasteiger partial charge in [-0.15, -0.1) is 0 Å².